The van der Waals surface area contributed by atoms with Crippen molar-refractivity contribution in [2.45, 2.75) is 45.7 Å². The minimum absolute atomic E-state index is 0.607. The highest BCUT2D eigenvalue weighted by Crippen LogP contribution is 2.16. The Bertz CT molecular complexity index is 339. The lowest BCUT2D eigenvalue weighted by Gasteiger charge is -2.42. The van der Waals surface area contributed by atoms with Gasteiger partial charge < -0.3 is 9.84 Å². The molecule has 2 heterocycles. The molecule has 18 heavy (non-hydrogen) atoms. The fourth-order valence-corrected chi connectivity index (χ4v) is 2.63. The van der Waals surface area contributed by atoms with Crippen LogP contribution in [-0.2, 0) is 6.42 Å². The van der Waals surface area contributed by atoms with Gasteiger partial charge in [0.05, 0.1) is 0 Å². The van der Waals surface area contributed by atoms with Crippen molar-refractivity contribution < 1.29 is 4.52 Å². The molecular formula is C13H24N4O. The number of nitrogens with zero attached hydrogens (tertiary/aromatic N) is 3. The average molecular weight is 252 g/mol. The van der Waals surface area contributed by atoms with Crippen molar-refractivity contribution in [3.05, 3.63) is 12.2 Å². The summed E-state index contributed by atoms with van der Waals surface area (Å²) in [6.07, 6.45) is 3.50. The topological polar surface area (TPSA) is 54.2 Å². The van der Waals surface area contributed by atoms with Gasteiger partial charge in [0.2, 0.25) is 5.89 Å². The number of hydrogen-bond donors (Lipinski definition) is 1. The first-order valence-electron chi connectivity index (χ1n) is 6.93. The summed E-state index contributed by atoms with van der Waals surface area (Å²) in [5.74, 6) is 1.40. The molecule has 0 aliphatic carbocycles. The molecule has 2 atom stereocenters. The molecule has 1 fully saturated rings. The highest BCUT2D eigenvalue weighted by atomic mass is 16.5. The zero-order valence-electron chi connectivity index (χ0n) is 11.6. The molecule has 0 aromatic carbocycles. The third-order valence-corrected chi connectivity index (χ3v) is 3.82. The summed E-state index contributed by atoms with van der Waals surface area (Å²) in [5.41, 5.74) is 0. The lowest BCUT2D eigenvalue weighted by atomic mass is 9.97. The number of rotatable bonds is 5. The molecule has 2 unspecified atom stereocenters. The van der Waals surface area contributed by atoms with Crippen molar-refractivity contribution in [3.63, 3.8) is 0 Å². The van der Waals surface area contributed by atoms with Crippen molar-refractivity contribution in [1.29, 1.82) is 0 Å². The second-order valence-electron chi connectivity index (χ2n) is 5.40. The van der Waals surface area contributed by atoms with Gasteiger partial charge in [0.1, 0.15) is 0 Å². The van der Waals surface area contributed by atoms with Gasteiger partial charge in [-0.3, -0.25) is 4.90 Å². The second-order valence-corrected chi connectivity index (χ2v) is 5.40. The second kappa shape index (κ2) is 6.29. The quantitative estimate of drug-likeness (QED) is 0.856. The summed E-state index contributed by atoms with van der Waals surface area (Å²) in [6.45, 7) is 10.0. The Labute approximate surface area is 109 Å². The number of nitrogens with one attached hydrogen (secondary N) is 1. The molecule has 0 amide bonds. The maximum atomic E-state index is 5.07. The molecule has 0 bridgehead atoms. The summed E-state index contributed by atoms with van der Waals surface area (Å²) >= 11 is 0. The van der Waals surface area contributed by atoms with E-state index in [1.54, 1.807) is 0 Å². The zero-order valence-corrected chi connectivity index (χ0v) is 11.6. The third kappa shape index (κ3) is 3.29. The highest BCUT2D eigenvalue weighted by molar-refractivity contribution is 4.89. The first-order valence-corrected chi connectivity index (χ1v) is 6.93. The van der Waals surface area contributed by atoms with E-state index < -0.39 is 0 Å². The van der Waals surface area contributed by atoms with Gasteiger partial charge in [-0.15, -0.1) is 0 Å². The minimum Gasteiger partial charge on any atom is -0.340 e. The Morgan fingerprint density at radius 1 is 1.56 bits per heavy atom. The zero-order chi connectivity index (χ0) is 13.0. The summed E-state index contributed by atoms with van der Waals surface area (Å²) < 4.78 is 5.07. The van der Waals surface area contributed by atoms with E-state index in [4.69, 9.17) is 4.52 Å². The first-order chi connectivity index (χ1) is 8.70. The molecule has 1 aromatic heterocycles. The van der Waals surface area contributed by atoms with Crippen molar-refractivity contribution in [2.75, 3.05) is 19.6 Å². The lowest BCUT2D eigenvalue weighted by Crippen LogP contribution is -2.58. The van der Waals surface area contributed by atoms with Crippen LogP contribution in [0.15, 0.2) is 10.9 Å². The van der Waals surface area contributed by atoms with Gasteiger partial charge in [-0.1, -0.05) is 25.9 Å². The minimum atomic E-state index is 0.607. The molecule has 102 valence electrons. The van der Waals surface area contributed by atoms with E-state index in [2.05, 4.69) is 41.1 Å². The van der Waals surface area contributed by atoms with Gasteiger partial charge in [-0.05, 0) is 12.3 Å². The van der Waals surface area contributed by atoms with E-state index in [1.807, 2.05) is 0 Å². The number of piperazine rings is 1. The Balaban J connectivity index is 1.92. The van der Waals surface area contributed by atoms with Crippen LogP contribution in [0.1, 0.15) is 33.1 Å². The average Bonchev–Trinajstić information content (AvgIpc) is 2.88. The van der Waals surface area contributed by atoms with Crippen LogP contribution >= 0.6 is 0 Å². The fourth-order valence-electron chi connectivity index (χ4n) is 2.63. The Hall–Kier alpha value is -0.940. The Morgan fingerprint density at radius 3 is 3.00 bits per heavy atom. The molecule has 5 heteroatoms. The predicted molar refractivity (Wildman–Crippen MR) is 70.3 cm³/mol. The van der Waals surface area contributed by atoms with Gasteiger partial charge in [-0.25, -0.2) is 0 Å². The van der Waals surface area contributed by atoms with E-state index in [0.29, 0.717) is 18.0 Å². The Kier molecular flexibility index (Phi) is 4.72. The van der Waals surface area contributed by atoms with E-state index in [1.165, 1.54) is 12.7 Å². The molecule has 1 saturated heterocycles. The molecule has 0 radical (unpaired) electrons. The van der Waals surface area contributed by atoms with Crippen molar-refractivity contribution in [2.24, 2.45) is 5.92 Å². The molecule has 0 saturated carbocycles. The number of hydrogen-bond acceptors (Lipinski definition) is 5. The smallest absolute Gasteiger partial charge is 0.227 e. The molecule has 1 N–H and O–H groups in total. The van der Waals surface area contributed by atoms with Crippen LogP contribution < -0.4 is 5.32 Å². The largest absolute Gasteiger partial charge is 0.340 e. The highest BCUT2D eigenvalue weighted by Gasteiger charge is 2.28. The van der Waals surface area contributed by atoms with E-state index in [0.717, 1.165) is 31.9 Å². The summed E-state index contributed by atoms with van der Waals surface area (Å²) in [4.78, 5) is 6.66. The maximum absolute atomic E-state index is 5.07. The fraction of sp³-hybridized carbons (Fsp3) is 0.846. The molecular weight excluding hydrogens is 228 g/mol. The van der Waals surface area contributed by atoms with Gasteiger partial charge >= 0.3 is 0 Å². The summed E-state index contributed by atoms with van der Waals surface area (Å²) in [6, 6.07) is 1.22. The van der Waals surface area contributed by atoms with E-state index in [-0.39, 0.29) is 0 Å². The molecule has 1 aliphatic heterocycles. The van der Waals surface area contributed by atoms with Crippen LogP contribution in [0, 0.1) is 5.92 Å². The lowest BCUT2D eigenvalue weighted by molar-refractivity contribution is 0.0960. The summed E-state index contributed by atoms with van der Waals surface area (Å²) in [5, 5.41) is 7.28. The van der Waals surface area contributed by atoms with Gasteiger partial charge in [-0.2, -0.15) is 4.98 Å². The maximum Gasteiger partial charge on any atom is 0.227 e. The van der Waals surface area contributed by atoms with Crippen LogP contribution in [0.2, 0.25) is 0 Å². The van der Waals surface area contributed by atoms with Gasteiger partial charge in [0.15, 0.2) is 6.33 Å². The van der Waals surface area contributed by atoms with Gasteiger partial charge in [0.25, 0.3) is 0 Å². The molecule has 1 aromatic rings. The van der Waals surface area contributed by atoms with E-state index in [9.17, 15) is 0 Å². The third-order valence-electron chi connectivity index (χ3n) is 3.82. The molecule has 0 spiro atoms. The van der Waals surface area contributed by atoms with Crippen LogP contribution in [-0.4, -0.2) is 46.8 Å². The monoisotopic (exact) mass is 252 g/mol. The SMILES string of the molecule is CCC1CN(CCc2ncno2)C(C(C)C)CN1. The van der Waals surface area contributed by atoms with Crippen LogP contribution in [0.3, 0.4) is 0 Å². The number of aromatic nitrogens is 2. The first kappa shape index (κ1) is 13.5. The van der Waals surface area contributed by atoms with Crippen molar-refractivity contribution in [3.8, 4) is 0 Å². The predicted octanol–water partition coefficient (Wildman–Crippen LogP) is 1.32. The normalized spacial score (nSPS) is 25.8. The van der Waals surface area contributed by atoms with Crippen molar-refractivity contribution in [1.82, 2.24) is 20.4 Å². The Morgan fingerprint density at radius 2 is 2.39 bits per heavy atom. The molecule has 1 aliphatic rings. The van der Waals surface area contributed by atoms with E-state index >= 15 is 0 Å². The molecule has 2 rings (SSSR count). The standard InChI is InChI=1S/C13H24N4O/c1-4-11-8-17(12(7-14-11)10(2)3)6-5-13-15-9-16-18-13/h9-12,14H,4-8H2,1-3H3. The van der Waals surface area contributed by atoms with Crippen LogP contribution in [0.5, 0.6) is 0 Å². The van der Waals surface area contributed by atoms with Gasteiger partial charge in [0, 0.05) is 38.1 Å². The summed E-state index contributed by atoms with van der Waals surface area (Å²) in [7, 11) is 0. The van der Waals surface area contributed by atoms with Crippen molar-refractivity contribution >= 4 is 0 Å². The molecule has 5 nitrogen and oxygen atoms in total. The van der Waals surface area contributed by atoms with Crippen LogP contribution in [0.4, 0.5) is 0 Å². The van der Waals surface area contributed by atoms with Crippen LogP contribution in [0.25, 0.3) is 0 Å².